The lowest BCUT2D eigenvalue weighted by molar-refractivity contribution is 0.250. The highest BCUT2D eigenvalue weighted by molar-refractivity contribution is 7.98. The Kier molecular flexibility index (Phi) is 13.5. The minimum absolute atomic E-state index is 0. The zero-order chi connectivity index (χ0) is 25.8. The number of fused-ring (bicyclic) bond motifs is 2. The van der Waals surface area contributed by atoms with E-state index >= 15 is 0 Å². The highest BCUT2D eigenvalue weighted by Crippen LogP contribution is 2.34. The molecule has 0 saturated heterocycles. The summed E-state index contributed by atoms with van der Waals surface area (Å²) in [6.45, 7) is 3.91. The van der Waals surface area contributed by atoms with Crippen molar-refractivity contribution in [1.29, 1.82) is 0 Å². The molecule has 0 fully saturated rings. The minimum Gasteiger partial charge on any atom is -0.493 e. The number of anilines is 1. The summed E-state index contributed by atoms with van der Waals surface area (Å²) in [5.74, 6) is 2.26. The molecular weight excluding hydrogens is 612 g/mol. The second-order valence-corrected chi connectivity index (χ2v) is 10.6. The van der Waals surface area contributed by atoms with Crippen LogP contribution in [-0.4, -0.2) is 60.8 Å². The van der Waals surface area contributed by atoms with Gasteiger partial charge in [0.25, 0.3) is 0 Å². The van der Waals surface area contributed by atoms with Crippen molar-refractivity contribution in [3.8, 4) is 11.5 Å². The maximum absolute atomic E-state index is 6.81. The average Bonchev–Trinajstić information content (AvgIpc) is 3.34. The SMILES string of the molecule is COc1cc2c(cc1OC)CN(CCCN(C)c1ccnc(CSc3nc4ccccc4[nH]3)c1Cl)CC2.Cl.Cl.Cl. The van der Waals surface area contributed by atoms with E-state index in [-0.39, 0.29) is 37.2 Å². The average molecular weight is 648 g/mol. The summed E-state index contributed by atoms with van der Waals surface area (Å²) >= 11 is 8.42. The number of benzene rings is 2. The van der Waals surface area contributed by atoms with Gasteiger partial charge >= 0.3 is 0 Å². The normalized spacial score (nSPS) is 12.5. The van der Waals surface area contributed by atoms with Crippen molar-refractivity contribution in [2.75, 3.05) is 45.8 Å². The second kappa shape index (κ2) is 15.8. The molecule has 5 rings (SSSR count). The van der Waals surface area contributed by atoms with Crippen LogP contribution in [0.4, 0.5) is 5.69 Å². The number of ether oxygens (including phenoxy) is 2. The van der Waals surface area contributed by atoms with Crippen molar-refractivity contribution < 1.29 is 9.47 Å². The quantitative estimate of drug-likeness (QED) is 0.185. The van der Waals surface area contributed by atoms with Gasteiger partial charge in [-0.1, -0.05) is 35.5 Å². The first-order chi connectivity index (χ1) is 18.1. The maximum atomic E-state index is 6.81. The lowest BCUT2D eigenvalue weighted by atomic mass is 9.98. The number of hydrogen-bond donors (Lipinski definition) is 1. The number of thioether (sulfide) groups is 1. The van der Waals surface area contributed by atoms with Crippen LogP contribution in [0.15, 0.2) is 53.8 Å². The van der Waals surface area contributed by atoms with E-state index in [4.69, 9.17) is 21.1 Å². The van der Waals surface area contributed by atoms with Crippen molar-refractivity contribution in [3.05, 3.63) is 70.5 Å². The number of hydrogen-bond acceptors (Lipinski definition) is 7. The van der Waals surface area contributed by atoms with Crippen molar-refractivity contribution in [1.82, 2.24) is 19.9 Å². The van der Waals surface area contributed by atoms with E-state index in [2.05, 4.69) is 43.9 Å². The number of para-hydroxylation sites is 2. The molecule has 0 saturated carbocycles. The Balaban J connectivity index is 0.00000187. The molecule has 40 heavy (non-hydrogen) atoms. The molecule has 0 unspecified atom stereocenters. The Labute approximate surface area is 263 Å². The van der Waals surface area contributed by atoms with E-state index in [1.165, 1.54) is 11.1 Å². The van der Waals surface area contributed by atoms with Gasteiger partial charge in [-0.15, -0.1) is 37.2 Å². The molecule has 0 spiro atoms. The van der Waals surface area contributed by atoms with Crippen molar-refractivity contribution in [2.24, 2.45) is 0 Å². The first-order valence-electron chi connectivity index (χ1n) is 12.4. The fourth-order valence-electron chi connectivity index (χ4n) is 4.79. The number of aromatic amines is 1. The molecule has 1 N–H and O–H groups in total. The van der Waals surface area contributed by atoms with Gasteiger partial charge in [0.1, 0.15) is 0 Å². The van der Waals surface area contributed by atoms with Crippen LogP contribution >= 0.6 is 60.6 Å². The molecule has 0 atom stereocenters. The zero-order valence-corrected chi connectivity index (χ0v) is 26.7. The number of H-pyrrole nitrogens is 1. The Hall–Kier alpha value is -2.07. The summed E-state index contributed by atoms with van der Waals surface area (Å²) in [7, 11) is 5.47. The van der Waals surface area contributed by atoms with Gasteiger partial charge in [-0.25, -0.2) is 4.98 Å². The number of aromatic nitrogens is 3. The zero-order valence-electron chi connectivity index (χ0n) is 22.7. The first-order valence-corrected chi connectivity index (χ1v) is 13.8. The van der Waals surface area contributed by atoms with E-state index < -0.39 is 0 Å². The summed E-state index contributed by atoms with van der Waals surface area (Å²) in [4.78, 5) is 17.3. The number of imidazole rings is 1. The van der Waals surface area contributed by atoms with E-state index in [1.54, 1.807) is 26.0 Å². The fourth-order valence-corrected chi connectivity index (χ4v) is 6.03. The van der Waals surface area contributed by atoms with Crippen molar-refractivity contribution in [3.63, 3.8) is 0 Å². The van der Waals surface area contributed by atoms with Gasteiger partial charge in [-0.2, -0.15) is 0 Å². The number of rotatable bonds is 10. The molecule has 12 heteroatoms. The molecule has 0 bridgehead atoms. The van der Waals surface area contributed by atoms with Gasteiger partial charge in [-0.05, 0) is 54.3 Å². The van der Waals surface area contributed by atoms with E-state index in [9.17, 15) is 0 Å². The number of halogens is 4. The number of nitrogens with one attached hydrogen (secondary N) is 1. The lowest BCUT2D eigenvalue weighted by Crippen LogP contribution is -2.33. The number of nitrogens with zero attached hydrogens (tertiary/aromatic N) is 4. The van der Waals surface area contributed by atoms with Gasteiger partial charge in [0.05, 0.1) is 41.7 Å². The monoisotopic (exact) mass is 645 g/mol. The summed E-state index contributed by atoms with van der Waals surface area (Å²) in [6.07, 6.45) is 3.91. The molecule has 2 aromatic heterocycles. The summed E-state index contributed by atoms with van der Waals surface area (Å²) < 4.78 is 11.0. The van der Waals surface area contributed by atoms with Crippen molar-refractivity contribution >= 4 is 77.3 Å². The molecule has 4 aromatic rings. The van der Waals surface area contributed by atoms with Crippen molar-refractivity contribution in [2.45, 2.75) is 30.3 Å². The molecule has 218 valence electrons. The Bertz CT molecular complexity index is 1360. The largest absolute Gasteiger partial charge is 0.493 e. The molecular formula is C28H35Cl4N5O2S. The van der Waals surface area contributed by atoms with Crippen LogP contribution in [0.3, 0.4) is 0 Å². The van der Waals surface area contributed by atoms with Gasteiger partial charge in [0.15, 0.2) is 16.7 Å². The van der Waals surface area contributed by atoms with Gasteiger partial charge in [0.2, 0.25) is 0 Å². The standard InChI is InChI=1S/C28H32ClN5O2S.3ClH/c1-33(12-6-13-34-14-10-19-15-25(35-2)26(36-3)16-20(19)17-34)24-9-11-30-23(27(24)29)18-37-28-31-21-7-4-5-8-22(21)32-28;;;/h4-5,7-9,11,15-16H,6,10,12-14,17-18H2,1-3H3,(H,31,32);3*1H. The summed E-state index contributed by atoms with van der Waals surface area (Å²) in [5, 5.41) is 1.58. The maximum Gasteiger partial charge on any atom is 0.166 e. The lowest BCUT2D eigenvalue weighted by Gasteiger charge is -2.30. The summed E-state index contributed by atoms with van der Waals surface area (Å²) in [5.41, 5.74) is 6.55. The van der Waals surface area contributed by atoms with Crippen LogP contribution in [0.25, 0.3) is 11.0 Å². The molecule has 0 amide bonds. The van der Waals surface area contributed by atoms with Crippen LogP contribution < -0.4 is 14.4 Å². The summed E-state index contributed by atoms with van der Waals surface area (Å²) in [6, 6.07) is 14.3. The van der Waals surface area contributed by atoms with Gasteiger partial charge in [0, 0.05) is 45.2 Å². The van der Waals surface area contributed by atoms with Gasteiger partial charge < -0.3 is 19.4 Å². The molecule has 2 aromatic carbocycles. The minimum atomic E-state index is 0. The predicted octanol–water partition coefficient (Wildman–Crippen LogP) is 7.07. The van der Waals surface area contributed by atoms with Crippen LogP contribution in [0.5, 0.6) is 11.5 Å². The Morgan fingerprint density at radius 2 is 1.77 bits per heavy atom. The van der Waals surface area contributed by atoms with E-state index in [1.807, 2.05) is 36.5 Å². The highest BCUT2D eigenvalue weighted by Gasteiger charge is 2.20. The number of methoxy groups -OCH3 is 2. The van der Waals surface area contributed by atoms with Crippen LogP contribution in [0, 0.1) is 0 Å². The molecule has 0 aliphatic carbocycles. The van der Waals surface area contributed by atoms with Crippen LogP contribution in [0.2, 0.25) is 5.02 Å². The molecule has 3 heterocycles. The topological polar surface area (TPSA) is 66.5 Å². The highest BCUT2D eigenvalue weighted by atomic mass is 35.5. The molecule has 0 radical (unpaired) electrons. The van der Waals surface area contributed by atoms with Gasteiger partial charge in [-0.3, -0.25) is 9.88 Å². The molecule has 1 aliphatic rings. The number of pyridine rings is 1. The third-order valence-electron chi connectivity index (χ3n) is 6.83. The molecule has 7 nitrogen and oxygen atoms in total. The predicted molar refractivity (Wildman–Crippen MR) is 173 cm³/mol. The molecule has 1 aliphatic heterocycles. The smallest absolute Gasteiger partial charge is 0.166 e. The Morgan fingerprint density at radius 1 is 1.05 bits per heavy atom. The third kappa shape index (κ3) is 7.81. The van der Waals surface area contributed by atoms with Crippen LogP contribution in [0.1, 0.15) is 23.2 Å². The fraction of sp³-hybridized carbons (Fsp3) is 0.357. The Morgan fingerprint density at radius 3 is 2.50 bits per heavy atom. The first kappa shape index (κ1) is 34.1. The van der Waals surface area contributed by atoms with Crippen LogP contribution in [-0.2, 0) is 18.7 Å². The van der Waals surface area contributed by atoms with E-state index in [0.717, 1.165) is 78.1 Å². The van der Waals surface area contributed by atoms with E-state index in [0.29, 0.717) is 10.8 Å². The third-order valence-corrected chi connectivity index (χ3v) is 8.13. The second-order valence-electron chi connectivity index (χ2n) is 9.22.